The molecule has 2 rings (SSSR count). The van der Waals surface area contributed by atoms with Crippen molar-refractivity contribution in [3.63, 3.8) is 0 Å². The third-order valence-electron chi connectivity index (χ3n) is 2.71. The minimum absolute atomic E-state index is 0.215. The third kappa shape index (κ3) is 2.85. The minimum atomic E-state index is 0.215. The predicted molar refractivity (Wildman–Crippen MR) is 67.8 cm³/mol. The van der Waals surface area contributed by atoms with Crippen LogP contribution < -0.4 is 5.32 Å². The second-order valence-electron chi connectivity index (χ2n) is 3.99. The van der Waals surface area contributed by atoms with Gasteiger partial charge in [0, 0.05) is 30.1 Å². The number of ether oxygens (including phenoxy) is 1. The van der Waals surface area contributed by atoms with Gasteiger partial charge in [0.15, 0.2) is 0 Å². The molecule has 1 atom stereocenters. The Balaban J connectivity index is 2.12. The van der Waals surface area contributed by atoms with Gasteiger partial charge in [0.05, 0.1) is 18.8 Å². The van der Waals surface area contributed by atoms with E-state index in [1.165, 1.54) is 0 Å². The smallest absolute Gasteiger partial charge is 0.0733 e. The van der Waals surface area contributed by atoms with Gasteiger partial charge in [0.2, 0.25) is 0 Å². The Bertz CT molecular complexity index is 453. The molecule has 0 saturated heterocycles. The van der Waals surface area contributed by atoms with Gasteiger partial charge in [-0.1, -0.05) is 18.2 Å². The molecule has 0 fully saturated rings. The van der Waals surface area contributed by atoms with Gasteiger partial charge in [0.25, 0.3) is 0 Å². The number of aromatic nitrogens is 2. The molecule has 1 aromatic carbocycles. The van der Waals surface area contributed by atoms with Crippen LogP contribution in [-0.2, 0) is 11.3 Å². The topological polar surface area (TPSA) is 49.9 Å². The van der Waals surface area contributed by atoms with Crippen LogP contribution >= 0.6 is 0 Å². The van der Waals surface area contributed by atoms with Crippen molar-refractivity contribution in [1.29, 1.82) is 0 Å². The molecule has 17 heavy (non-hydrogen) atoms. The first-order valence-corrected chi connectivity index (χ1v) is 5.63. The molecule has 2 N–H and O–H groups in total. The molecular weight excluding hydrogens is 214 g/mol. The van der Waals surface area contributed by atoms with E-state index in [4.69, 9.17) is 4.74 Å². The van der Waals surface area contributed by atoms with Crippen molar-refractivity contribution in [2.24, 2.45) is 0 Å². The van der Waals surface area contributed by atoms with E-state index < -0.39 is 0 Å². The summed E-state index contributed by atoms with van der Waals surface area (Å²) in [5.74, 6) is 0. The number of H-pyrrole nitrogens is 1. The number of para-hydroxylation sites is 1. The van der Waals surface area contributed by atoms with Gasteiger partial charge in [-0.3, -0.25) is 5.10 Å². The zero-order valence-electron chi connectivity index (χ0n) is 10.1. The molecule has 0 saturated carbocycles. The average molecular weight is 231 g/mol. The van der Waals surface area contributed by atoms with Gasteiger partial charge in [-0.25, -0.2) is 0 Å². The Morgan fingerprint density at radius 2 is 2.24 bits per heavy atom. The Labute approximate surface area is 101 Å². The number of benzene rings is 1. The average Bonchev–Trinajstić information content (AvgIpc) is 2.85. The summed E-state index contributed by atoms with van der Waals surface area (Å²) in [6.45, 7) is 2.72. The van der Waals surface area contributed by atoms with E-state index in [2.05, 4.69) is 34.6 Å². The lowest BCUT2D eigenvalue weighted by atomic mass is 10.1. The van der Waals surface area contributed by atoms with Gasteiger partial charge in [0.1, 0.15) is 0 Å². The highest BCUT2D eigenvalue weighted by molar-refractivity contribution is 5.52. The summed E-state index contributed by atoms with van der Waals surface area (Å²) in [4.78, 5) is 0. The van der Waals surface area contributed by atoms with Crippen LogP contribution in [0, 0.1) is 0 Å². The maximum atomic E-state index is 5.18. The zero-order valence-corrected chi connectivity index (χ0v) is 10.1. The molecule has 90 valence electrons. The van der Waals surface area contributed by atoms with E-state index in [9.17, 15) is 0 Å². The summed E-state index contributed by atoms with van der Waals surface area (Å²) < 4.78 is 5.18. The predicted octanol–water partition coefficient (Wildman–Crippen LogP) is 2.73. The SMILES string of the molecule is COCc1ccccc1NC(C)c1cn[nH]c1. The molecule has 4 nitrogen and oxygen atoms in total. The first-order valence-electron chi connectivity index (χ1n) is 5.63. The molecule has 0 aliphatic heterocycles. The normalized spacial score (nSPS) is 12.4. The largest absolute Gasteiger partial charge is 0.380 e. The summed E-state index contributed by atoms with van der Waals surface area (Å²) >= 11 is 0. The molecular formula is C13H17N3O. The third-order valence-corrected chi connectivity index (χ3v) is 2.71. The minimum Gasteiger partial charge on any atom is -0.380 e. The molecule has 1 heterocycles. The first kappa shape index (κ1) is 11.7. The van der Waals surface area contributed by atoms with Crippen molar-refractivity contribution in [2.75, 3.05) is 12.4 Å². The van der Waals surface area contributed by atoms with Crippen molar-refractivity contribution >= 4 is 5.69 Å². The number of hydrogen-bond acceptors (Lipinski definition) is 3. The number of hydrogen-bond donors (Lipinski definition) is 2. The standard InChI is InChI=1S/C13H17N3O/c1-10(12-7-14-15-8-12)16-13-6-4-3-5-11(13)9-17-2/h3-8,10,16H,9H2,1-2H3,(H,14,15). The fourth-order valence-corrected chi connectivity index (χ4v) is 1.76. The van der Waals surface area contributed by atoms with Gasteiger partial charge >= 0.3 is 0 Å². The maximum Gasteiger partial charge on any atom is 0.0733 e. The maximum absolute atomic E-state index is 5.18. The lowest BCUT2D eigenvalue weighted by Gasteiger charge is -2.16. The van der Waals surface area contributed by atoms with Crippen molar-refractivity contribution in [3.05, 3.63) is 47.8 Å². The molecule has 4 heteroatoms. The summed E-state index contributed by atoms with van der Waals surface area (Å²) in [5.41, 5.74) is 3.39. The molecule has 1 unspecified atom stereocenters. The number of methoxy groups -OCH3 is 1. The quantitative estimate of drug-likeness (QED) is 0.831. The van der Waals surface area contributed by atoms with Crippen molar-refractivity contribution < 1.29 is 4.74 Å². The van der Waals surface area contributed by atoms with Crippen molar-refractivity contribution in [2.45, 2.75) is 19.6 Å². The second kappa shape index (κ2) is 5.50. The Morgan fingerprint density at radius 3 is 2.94 bits per heavy atom. The van der Waals surface area contributed by atoms with Crippen LogP contribution in [0.2, 0.25) is 0 Å². The molecule has 0 aliphatic carbocycles. The van der Waals surface area contributed by atoms with E-state index in [0.29, 0.717) is 6.61 Å². The van der Waals surface area contributed by atoms with E-state index in [0.717, 1.165) is 16.8 Å². The van der Waals surface area contributed by atoms with Crippen LogP contribution in [0.5, 0.6) is 0 Å². The Hall–Kier alpha value is -1.81. The molecule has 0 bridgehead atoms. The van der Waals surface area contributed by atoms with E-state index in [1.807, 2.05) is 24.5 Å². The highest BCUT2D eigenvalue weighted by Crippen LogP contribution is 2.22. The number of nitrogens with one attached hydrogen (secondary N) is 2. The molecule has 1 aromatic heterocycles. The molecule has 0 aliphatic rings. The fraction of sp³-hybridized carbons (Fsp3) is 0.308. The lowest BCUT2D eigenvalue weighted by molar-refractivity contribution is 0.185. The van der Waals surface area contributed by atoms with E-state index >= 15 is 0 Å². The van der Waals surface area contributed by atoms with Crippen LogP contribution in [0.25, 0.3) is 0 Å². The highest BCUT2D eigenvalue weighted by atomic mass is 16.5. The second-order valence-corrected chi connectivity index (χ2v) is 3.99. The summed E-state index contributed by atoms with van der Waals surface area (Å²) in [5, 5.41) is 10.2. The van der Waals surface area contributed by atoms with Gasteiger partial charge in [-0.2, -0.15) is 5.10 Å². The fourth-order valence-electron chi connectivity index (χ4n) is 1.76. The Kier molecular flexibility index (Phi) is 3.77. The van der Waals surface area contributed by atoms with Crippen LogP contribution in [-0.4, -0.2) is 17.3 Å². The monoisotopic (exact) mass is 231 g/mol. The van der Waals surface area contributed by atoms with E-state index in [1.54, 1.807) is 7.11 Å². The van der Waals surface area contributed by atoms with Crippen molar-refractivity contribution in [3.8, 4) is 0 Å². The van der Waals surface area contributed by atoms with Crippen LogP contribution in [0.4, 0.5) is 5.69 Å². The lowest BCUT2D eigenvalue weighted by Crippen LogP contribution is -2.08. The van der Waals surface area contributed by atoms with Crippen LogP contribution in [0.15, 0.2) is 36.7 Å². The van der Waals surface area contributed by atoms with Crippen LogP contribution in [0.1, 0.15) is 24.1 Å². The molecule has 0 spiro atoms. The molecule has 0 radical (unpaired) electrons. The molecule has 2 aromatic rings. The first-order chi connectivity index (χ1) is 8.31. The number of aromatic amines is 1. The number of rotatable bonds is 5. The van der Waals surface area contributed by atoms with Gasteiger partial charge in [-0.15, -0.1) is 0 Å². The highest BCUT2D eigenvalue weighted by Gasteiger charge is 2.08. The molecule has 0 amide bonds. The summed E-state index contributed by atoms with van der Waals surface area (Å²) in [6.07, 6.45) is 3.73. The zero-order chi connectivity index (χ0) is 12.1. The summed E-state index contributed by atoms with van der Waals surface area (Å²) in [7, 11) is 1.70. The summed E-state index contributed by atoms with van der Waals surface area (Å²) in [6, 6.07) is 8.37. The van der Waals surface area contributed by atoms with E-state index in [-0.39, 0.29) is 6.04 Å². The number of anilines is 1. The number of nitrogens with zero attached hydrogens (tertiary/aromatic N) is 1. The van der Waals surface area contributed by atoms with Gasteiger partial charge in [-0.05, 0) is 13.0 Å². The van der Waals surface area contributed by atoms with Gasteiger partial charge < -0.3 is 10.1 Å². The van der Waals surface area contributed by atoms with Crippen molar-refractivity contribution in [1.82, 2.24) is 10.2 Å². The Morgan fingerprint density at radius 1 is 1.41 bits per heavy atom. The van der Waals surface area contributed by atoms with Crippen LogP contribution in [0.3, 0.4) is 0 Å².